The van der Waals surface area contributed by atoms with E-state index in [1.54, 1.807) is 0 Å². The molecule has 0 aromatic heterocycles. The van der Waals surface area contributed by atoms with Gasteiger partial charge in [0.1, 0.15) is 5.82 Å². The van der Waals surface area contributed by atoms with E-state index in [9.17, 15) is 14.0 Å². The molecule has 0 atom stereocenters. The van der Waals surface area contributed by atoms with Crippen molar-refractivity contribution < 1.29 is 24.2 Å². The Bertz CT molecular complexity index is 667. The molecule has 0 spiro atoms. The summed E-state index contributed by atoms with van der Waals surface area (Å²) in [4.78, 5) is 21.5. The number of rotatable bonds is 4. The number of carboxylic acid groups (broad SMARTS) is 2. The number of halogens is 1. The number of nitrogens with one attached hydrogen (secondary N) is 1. The van der Waals surface area contributed by atoms with Gasteiger partial charge in [-0.2, -0.15) is 0 Å². The van der Waals surface area contributed by atoms with E-state index in [-0.39, 0.29) is 5.56 Å². The predicted octanol–water partition coefficient (Wildman–Crippen LogP) is 2.97. The number of hydrogen-bond acceptors (Lipinski definition) is 3. The molecule has 0 radical (unpaired) electrons. The lowest BCUT2D eigenvalue weighted by Crippen LogP contribution is -2.02. The minimum absolute atomic E-state index is 0.140. The Kier molecular flexibility index (Phi) is 3.65. The number of benzene rings is 2. The molecule has 2 aromatic carbocycles. The fourth-order valence-corrected chi connectivity index (χ4v) is 1.63. The lowest BCUT2D eigenvalue weighted by atomic mass is 10.1. The van der Waals surface area contributed by atoms with Crippen molar-refractivity contribution in [1.82, 2.24) is 0 Å². The van der Waals surface area contributed by atoms with E-state index in [1.807, 2.05) is 0 Å². The molecule has 5 nitrogen and oxygen atoms in total. The summed E-state index contributed by atoms with van der Waals surface area (Å²) < 4.78 is 13.2. The van der Waals surface area contributed by atoms with Gasteiger partial charge in [-0.15, -0.1) is 0 Å². The number of carboxylic acids is 2. The second-order valence-electron chi connectivity index (χ2n) is 4.01. The Labute approximate surface area is 113 Å². The summed E-state index contributed by atoms with van der Waals surface area (Å²) in [6.07, 6.45) is 0. The zero-order valence-corrected chi connectivity index (χ0v) is 10.1. The van der Waals surface area contributed by atoms with E-state index in [4.69, 9.17) is 10.2 Å². The third-order valence-corrected chi connectivity index (χ3v) is 2.62. The highest BCUT2D eigenvalue weighted by atomic mass is 19.1. The van der Waals surface area contributed by atoms with E-state index < -0.39 is 23.3 Å². The van der Waals surface area contributed by atoms with Crippen LogP contribution in [0.1, 0.15) is 20.7 Å². The van der Waals surface area contributed by atoms with Crippen molar-refractivity contribution in [3.05, 3.63) is 59.4 Å². The van der Waals surface area contributed by atoms with Crippen molar-refractivity contribution in [3.63, 3.8) is 0 Å². The zero-order valence-electron chi connectivity index (χ0n) is 10.1. The van der Waals surface area contributed by atoms with Gasteiger partial charge in [-0.1, -0.05) is 0 Å². The monoisotopic (exact) mass is 275 g/mol. The Morgan fingerprint density at radius 2 is 1.50 bits per heavy atom. The van der Waals surface area contributed by atoms with Crippen LogP contribution in [-0.2, 0) is 0 Å². The molecule has 0 heterocycles. The molecule has 20 heavy (non-hydrogen) atoms. The van der Waals surface area contributed by atoms with Gasteiger partial charge in [0.15, 0.2) is 0 Å². The van der Waals surface area contributed by atoms with Crippen LogP contribution in [0.15, 0.2) is 42.5 Å². The van der Waals surface area contributed by atoms with Crippen LogP contribution >= 0.6 is 0 Å². The Hall–Kier alpha value is -2.89. The first-order valence-electron chi connectivity index (χ1n) is 5.60. The molecule has 0 fully saturated rings. The van der Waals surface area contributed by atoms with E-state index in [2.05, 4.69) is 5.32 Å². The molecular weight excluding hydrogens is 265 g/mol. The molecule has 0 amide bonds. The maximum Gasteiger partial charge on any atom is 0.338 e. The Balaban J connectivity index is 2.23. The highest BCUT2D eigenvalue weighted by Gasteiger charge is 2.11. The van der Waals surface area contributed by atoms with Crippen LogP contribution in [0.2, 0.25) is 0 Å². The van der Waals surface area contributed by atoms with Crippen molar-refractivity contribution in [2.75, 3.05) is 5.32 Å². The number of aromatic carboxylic acids is 2. The summed E-state index contributed by atoms with van der Waals surface area (Å²) in [5.74, 6) is -3.21. The van der Waals surface area contributed by atoms with Crippen LogP contribution in [0.25, 0.3) is 0 Å². The van der Waals surface area contributed by atoms with Crippen LogP contribution in [-0.4, -0.2) is 22.2 Å². The molecule has 0 saturated carbocycles. The fraction of sp³-hybridized carbons (Fsp3) is 0. The van der Waals surface area contributed by atoms with Crippen molar-refractivity contribution in [3.8, 4) is 0 Å². The third-order valence-electron chi connectivity index (χ3n) is 2.62. The average Bonchev–Trinajstić information content (AvgIpc) is 2.41. The maximum atomic E-state index is 13.2. The SMILES string of the molecule is O=C(O)c1ccc(Nc2ccc(F)c(C(=O)O)c2)cc1. The van der Waals surface area contributed by atoms with Gasteiger partial charge in [-0.3, -0.25) is 0 Å². The molecule has 0 aliphatic rings. The zero-order chi connectivity index (χ0) is 14.7. The first-order chi connectivity index (χ1) is 9.47. The van der Waals surface area contributed by atoms with Gasteiger partial charge in [0.25, 0.3) is 0 Å². The third kappa shape index (κ3) is 2.92. The molecule has 0 saturated heterocycles. The molecule has 3 N–H and O–H groups in total. The largest absolute Gasteiger partial charge is 0.478 e. The van der Waals surface area contributed by atoms with Crippen LogP contribution < -0.4 is 5.32 Å². The van der Waals surface area contributed by atoms with Crippen molar-refractivity contribution in [1.29, 1.82) is 0 Å². The van der Waals surface area contributed by atoms with E-state index >= 15 is 0 Å². The highest BCUT2D eigenvalue weighted by molar-refractivity contribution is 5.90. The van der Waals surface area contributed by atoms with Gasteiger partial charge in [-0.25, -0.2) is 14.0 Å². The Morgan fingerprint density at radius 1 is 0.900 bits per heavy atom. The van der Waals surface area contributed by atoms with Crippen LogP contribution in [0.3, 0.4) is 0 Å². The molecule has 2 aromatic rings. The molecule has 0 aliphatic carbocycles. The number of carbonyl (C=O) groups is 2. The first-order valence-corrected chi connectivity index (χ1v) is 5.60. The summed E-state index contributed by atoms with van der Waals surface area (Å²) in [5.41, 5.74) is 0.669. The lowest BCUT2D eigenvalue weighted by Gasteiger charge is -2.08. The average molecular weight is 275 g/mol. The van der Waals surface area contributed by atoms with Crippen molar-refractivity contribution in [2.45, 2.75) is 0 Å². The van der Waals surface area contributed by atoms with Gasteiger partial charge in [0.2, 0.25) is 0 Å². The molecule has 2 rings (SSSR count). The van der Waals surface area contributed by atoms with Gasteiger partial charge >= 0.3 is 11.9 Å². The van der Waals surface area contributed by atoms with E-state index in [1.165, 1.54) is 36.4 Å². The quantitative estimate of drug-likeness (QED) is 0.798. The summed E-state index contributed by atoms with van der Waals surface area (Å²) >= 11 is 0. The van der Waals surface area contributed by atoms with E-state index in [0.717, 1.165) is 6.07 Å². The highest BCUT2D eigenvalue weighted by Crippen LogP contribution is 2.20. The van der Waals surface area contributed by atoms with Gasteiger partial charge in [0.05, 0.1) is 11.1 Å². The minimum atomic E-state index is -1.35. The summed E-state index contributed by atoms with van der Waals surface area (Å²) in [6.45, 7) is 0. The topological polar surface area (TPSA) is 86.6 Å². The van der Waals surface area contributed by atoms with Crippen LogP contribution in [0.5, 0.6) is 0 Å². The second-order valence-corrected chi connectivity index (χ2v) is 4.01. The van der Waals surface area contributed by atoms with Crippen molar-refractivity contribution >= 4 is 23.3 Å². The number of hydrogen-bond donors (Lipinski definition) is 3. The number of anilines is 2. The first kappa shape index (κ1) is 13.5. The lowest BCUT2D eigenvalue weighted by molar-refractivity contribution is 0.0683. The van der Waals surface area contributed by atoms with Crippen molar-refractivity contribution in [2.24, 2.45) is 0 Å². The summed E-state index contributed by atoms with van der Waals surface area (Å²) in [6, 6.07) is 9.51. The summed E-state index contributed by atoms with van der Waals surface area (Å²) in [7, 11) is 0. The van der Waals surface area contributed by atoms with Gasteiger partial charge < -0.3 is 15.5 Å². The van der Waals surface area contributed by atoms with Crippen LogP contribution in [0, 0.1) is 5.82 Å². The molecular formula is C14H10FNO4. The van der Waals surface area contributed by atoms with Crippen LogP contribution in [0.4, 0.5) is 15.8 Å². The maximum absolute atomic E-state index is 13.2. The predicted molar refractivity (Wildman–Crippen MR) is 70.0 cm³/mol. The smallest absolute Gasteiger partial charge is 0.338 e. The molecule has 0 aliphatic heterocycles. The van der Waals surface area contributed by atoms with E-state index in [0.29, 0.717) is 11.4 Å². The second kappa shape index (κ2) is 5.40. The van der Waals surface area contributed by atoms with Gasteiger partial charge in [0, 0.05) is 11.4 Å². The fourth-order valence-electron chi connectivity index (χ4n) is 1.63. The molecule has 0 unspecified atom stereocenters. The van der Waals surface area contributed by atoms with Gasteiger partial charge in [-0.05, 0) is 42.5 Å². The molecule has 102 valence electrons. The molecule has 0 bridgehead atoms. The minimum Gasteiger partial charge on any atom is -0.478 e. The normalized spacial score (nSPS) is 10.1. The standard InChI is InChI=1S/C14H10FNO4/c15-12-6-5-10(7-11(12)14(19)20)16-9-3-1-8(2-4-9)13(17)18/h1-7,16H,(H,17,18)(H,19,20). The Morgan fingerprint density at radius 3 is 2.05 bits per heavy atom. The summed E-state index contributed by atoms with van der Waals surface area (Å²) in [5, 5.41) is 20.5. The molecule has 6 heteroatoms.